The molecule has 1 aromatic rings. The van der Waals surface area contributed by atoms with Crippen molar-refractivity contribution in [1.29, 1.82) is 0 Å². The molecule has 8 heteroatoms. The summed E-state index contributed by atoms with van der Waals surface area (Å²) in [4.78, 5) is 28.7. The van der Waals surface area contributed by atoms with Crippen molar-refractivity contribution in [2.45, 2.75) is 25.6 Å². The smallest absolute Gasteiger partial charge is 0.271 e. The van der Waals surface area contributed by atoms with E-state index in [2.05, 4.69) is 15.7 Å². The molecule has 0 aromatic carbocycles. The molecule has 0 saturated carbocycles. The standard InChI is InChI=1S/C17H26N6O2/c1-21(2)10-7-19-16(24)15-11-13-12-22(8-4-9-23(13)20-15)17(25)14-5-3-6-18-14/h3,5,11,14,18H,4,6-10,12H2,1-2H3,(H,19,24)/t14-/m0/s1. The van der Waals surface area contributed by atoms with Crippen LogP contribution in [0.4, 0.5) is 0 Å². The highest BCUT2D eigenvalue weighted by atomic mass is 16.2. The normalized spacial score (nSPS) is 19.8. The number of hydrogen-bond donors (Lipinski definition) is 2. The van der Waals surface area contributed by atoms with Crippen LogP contribution in [-0.2, 0) is 17.9 Å². The van der Waals surface area contributed by atoms with Crippen LogP contribution < -0.4 is 10.6 Å². The van der Waals surface area contributed by atoms with Gasteiger partial charge in [0.15, 0.2) is 5.69 Å². The van der Waals surface area contributed by atoms with Gasteiger partial charge in [-0.15, -0.1) is 0 Å². The van der Waals surface area contributed by atoms with Gasteiger partial charge in [-0.05, 0) is 26.6 Å². The highest BCUT2D eigenvalue weighted by Gasteiger charge is 2.27. The predicted molar refractivity (Wildman–Crippen MR) is 94.1 cm³/mol. The summed E-state index contributed by atoms with van der Waals surface area (Å²) in [6.07, 6.45) is 4.72. The summed E-state index contributed by atoms with van der Waals surface area (Å²) in [5, 5.41) is 10.5. The molecule has 1 aromatic heterocycles. The van der Waals surface area contributed by atoms with E-state index in [4.69, 9.17) is 0 Å². The zero-order valence-corrected chi connectivity index (χ0v) is 14.9. The minimum absolute atomic E-state index is 0.0837. The van der Waals surface area contributed by atoms with Crippen molar-refractivity contribution in [1.82, 2.24) is 30.2 Å². The fraction of sp³-hybridized carbons (Fsp3) is 0.588. The number of nitrogens with one attached hydrogen (secondary N) is 2. The molecule has 2 aliphatic heterocycles. The second-order valence-electron chi connectivity index (χ2n) is 6.73. The van der Waals surface area contributed by atoms with Crippen LogP contribution in [0.5, 0.6) is 0 Å². The van der Waals surface area contributed by atoms with Crippen LogP contribution in [0.3, 0.4) is 0 Å². The number of aryl methyl sites for hydroxylation is 1. The van der Waals surface area contributed by atoms with Crippen LogP contribution in [0.1, 0.15) is 22.6 Å². The second kappa shape index (κ2) is 7.79. The minimum atomic E-state index is -0.233. The largest absolute Gasteiger partial charge is 0.349 e. The van der Waals surface area contributed by atoms with Crippen molar-refractivity contribution < 1.29 is 9.59 Å². The molecule has 0 aliphatic carbocycles. The Morgan fingerprint density at radius 2 is 2.24 bits per heavy atom. The number of rotatable bonds is 5. The first kappa shape index (κ1) is 17.6. The Hall–Kier alpha value is -2.19. The first-order valence-corrected chi connectivity index (χ1v) is 8.73. The molecule has 0 bridgehead atoms. The van der Waals surface area contributed by atoms with Crippen molar-refractivity contribution in [3.05, 3.63) is 29.6 Å². The molecule has 0 saturated heterocycles. The number of carbonyl (C=O) groups excluding carboxylic acids is 2. The zero-order valence-electron chi connectivity index (χ0n) is 14.9. The minimum Gasteiger partial charge on any atom is -0.349 e. The summed E-state index contributed by atoms with van der Waals surface area (Å²) in [5.74, 6) is -0.0823. The lowest BCUT2D eigenvalue weighted by atomic mass is 10.2. The Labute approximate surface area is 147 Å². The monoisotopic (exact) mass is 346 g/mol. The van der Waals surface area contributed by atoms with Crippen molar-refractivity contribution in [2.75, 3.05) is 40.3 Å². The lowest BCUT2D eigenvalue weighted by Gasteiger charge is -2.23. The van der Waals surface area contributed by atoms with E-state index in [1.165, 1.54) is 0 Å². The molecule has 136 valence electrons. The quantitative estimate of drug-likeness (QED) is 0.698. The predicted octanol–water partition coefficient (Wildman–Crippen LogP) is -0.565. The molecule has 0 unspecified atom stereocenters. The van der Waals surface area contributed by atoms with E-state index in [0.717, 1.165) is 31.7 Å². The van der Waals surface area contributed by atoms with Gasteiger partial charge in [0.05, 0.1) is 12.2 Å². The topological polar surface area (TPSA) is 82.5 Å². The number of amides is 2. The van der Waals surface area contributed by atoms with E-state index in [-0.39, 0.29) is 17.9 Å². The van der Waals surface area contributed by atoms with Gasteiger partial charge in [0.1, 0.15) is 6.04 Å². The molecule has 2 amide bonds. The Morgan fingerprint density at radius 3 is 2.96 bits per heavy atom. The average molecular weight is 346 g/mol. The summed E-state index contributed by atoms with van der Waals surface area (Å²) in [6.45, 7) is 4.01. The molecule has 2 N–H and O–H groups in total. The third-order valence-corrected chi connectivity index (χ3v) is 4.45. The molecule has 1 atom stereocenters. The number of hydrogen-bond acceptors (Lipinski definition) is 5. The van der Waals surface area contributed by atoms with Crippen LogP contribution in [0, 0.1) is 0 Å². The highest BCUT2D eigenvalue weighted by Crippen LogP contribution is 2.15. The first-order chi connectivity index (χ1) is 12.0. The van der Waals surface area contributed by atoms with Gasteiger partial charge in [-0.25, -0.2) is 0 Å². The number of carbonyl (C=O) groups is 2. The number of fused-ring (bicyclic) bond motifs is 1. The molecule has 2 aliphatic rings. The molecular weight excluding hydrogens is 320 g/mol. The van der Waals surface area contributed by atoms with E-state index in [1.54, 1.807) is 6.07 Å². The third-order valence-electron chi connectivity index (χ3n) is 4.45. The van der Waals surface area contributed by atoms with E-state index in [0.29, 0.717) is 25.3 Å². The molecule has 25 heavy (non-hydrogen) atoms. The average Bonchev–Trinajstić information content (AvgIpc) is 3.20. The van der Waals surface area contributed by atoms with Gasteiger partial charge in [-0.3, -0.25) is 19.6 Å². The Kier molecular flexibility index (Phi) is 5.50. The van der Waals surface area contributed by atoms with Crippen LogP contribution in [0.2, 0.25) is 0 Å². The lowest BCUT2D eigenvalue weighted by molar-refractivity contribution is -0.132. The molecule has 3 rings (SSSR count). The Bertz CT molecular complexity index is 666. The zero-order chi connectivity index (χ0) is 17.8. The number of nitrogens with zero attached hydrogens (tertiary/aromatic N) is 4. The van der Waals surface area contributed by atoms with Gasteiger partial charge >= 0.3 is 0 Å². The summed E-state index contributed by atoms with van der Waals surface area (Å²) in [5.41, 5.74) is 1.33. The van der Waals surface area contributed by atoms with E-state index in [1.807, 2.05) is 40.7 Å². The van der Waals surface area contributed by atoms with Crippen molar-refractivity contribution in [3.8, 4) is 0 Å². The number of aromatic nitrogens is 2. The van der Waals surface area contributed by atoms with Crippen molar-refractivity contribution >= 4 is 11.8 Å². The van der Waals surface area contributed by atoms with E-state index >= 15 is 0 Å². The van der Waals surface area contributed by atoms with Crippen LogP contribution in [0.15, 0.2) is 18.2 Å². The van der Waals surface area contributed by atoms with Gasteiger partial charge in [0, 0.05) is 32.7 Å². The van der Waals surface area contributed by atoms with Crippen LogP contribution in [0.25, 0.3) is 0 Å². The molecule has 3 heterocycles. The Morgan fingerprint density at radius 1 is 1.40 bits per heavy atom. The van der Waals surface area contributed by atoms with Gasteiger partial charge in [0.2, 0.25) is 5.91 Å². The maximum Gasteiger partial charge on any atom is 0.271 e. The summed E-state index contributed by atoms with van der Waals surface area (Å²) in [6, 6.07) is 1.57. The van der Waals surface area contributed by atoms with Crippen LogP contribution >= 0.6 is 0 Å². The maximum atomic E-state index is 12.6. The van der Waals surface area contributed by atoms with Gasteiger partial charge < -0.3 is 15.1 Å². The summed E-state index contributed by atoms with van der Waals surface area (Å²) in [7, 11) is 3.93. The highest BCUT2D eigenvalue weighted by molar-refractivity contribution is 5.92. The molecule has 0 spiro atoms. The van der Waals surface area contributed by atoms with Gasteiger partial charge in [-0.2, -0.15) is 5.10 Å². The fourth-order valence-corrected chi connectivity index (χ4v) is 3.08. The van der Waals surface area contributed by atoms with E-state index in [9.17, 15) is 9.59 Å². The third kappa shape index (κ3) is 4.26. The molecule has 0 radical (unpaired) electrons. The summed E-state index contributed by atoms with van der Waals surface area (Å²) >= 11 is 0. The van der Waals surface area contributed by atoms with E-state index < -0.39 is 0 Å². The lowest BCUT2D eigenvalue weighted by Crippen LogP contribution is -2.43. The molecule has 8 nitrogen and oxygen atoms in total. The van der Waals surface area contributed by atoms with Gasteiger partial charge in [-0.1, -0.05) is 12.2 Å². The van der Waals surface area contributed by atoms with Gasteiger partial charge in [0.25, 0.3) is 5.91 Å². The van der Waals surface area contributed by atoms with Crippen molar-refractivity contribution in [2.24, 2.45) is 0 Å². The molecule has 0 fully saturated rings. The first-order valence-electron chi connectivity index (χ1n) is 8.73. The summed E-state index contributed by atoms with van der Waals surface area (Å²) < 4.78 is 1.85. The molecular formula is C17H26N6O2. The fourth-order valence-electron chi connectivity index (χ4n) is 3.08. The SMILES string of the molecule is CN(C)CCNC(=O)c1cc2n(n1)CCCN(C(=O)[C@@H]1C=CCN1)C2. The van der Waals surface area contributed by atoms with Crippen molar-refractivity contribution in [3.63, 3.8) is 0 Å². The van der Waals surface area contributed by atoms with Crippen LogP contribution in [-0.4, -0.2) is 77.7 Å². The number of likely N-dealkylation sites (N-methyl/N-ethyl adjacent to an activating group) is 1. The Balaban J connectivity index is 1.65. The maximum absolute atomic E-state index is 12.6. The second-order valence-corrected chi connectivity index (χ2v) is 6.73.